The van der Waals surface area contributed by atoms with E-state index in [4.69, 9.17) is 0 Å². The van der Waals surface area contributed by atoms with Crippen molar-refractivity contribution in [3.05, 3.63) is 64.6 Å². The molecule has 0 saturated heterocycles. The molecule has 4 rings (SSSR count). The van der Waals surface area contributed by atoms with E-state index in [0.29, 0.717) is 28.6 Å². The summed E-state index contributed by atoms with van der Waals surface area (Å²) in [4.78, 5) is 22.1. The smallest absolute Gasteiger partial charge is 0.422 e. The number of rotatable bonds is 6. The van der Waals surface area contributed by atoms with Gasteiger partial charge in [0, 0.05) is 41.8 Å². The van der Waals surface area contributed by atoms with E-state index < -0.39 is 40.8 Å². The van der Waals surface area contributed by atoms with Crippen LogP contribution in [0.4, 0.5) is 39.3 Å². The number of alkyl halides is 3. The van der Waals surface area contributed by atoms with Gasteiger partial charge in [0.1, 0.15) is 17.9 Å². The van der Waals surface area contributed by atoms with Gasteiger partial charge in [-0.05, 0) is 18.2 Å². The third-order valence-electron chi connectivity index (χ3n) is 4.65. The molecule has 1 N–H and O–H groups in total. The van der Waals surface area contributed by atoms with E-state index in [2.05, 4.69) is 25.0 Å². The maximum atomic E-state index is 14.0. The van der Waals surface area contributed by atoms with Gasteiger partial charge in [-0.1, -0.05) is 0 Å². The summed E-state index contributed by atoms with van der Waals surface area (Å²) < 4.78 is 71.9. The van der Waals surface area contributed by atoms with Crippen molar-refractivity contribution in [2.24, 2.45) is 7.05 Å². The minimum atomic E-state index is -4.74. The van der Waals surface area contributed by atoms with Crippen molar-refractivity contribution < 1.29 is 31.6 Å². The summed E-state index contributed by atoms with van der Waals surface area (Å²) in [7, 11) is 1.73. The van der Waals surface area contributed by atoms with Crippen molar-refractivity contribution >= 4 is 28.2 Å². The number of aromatic nitrogens is 4. The highest BCUT2D eigenvalue weighted by molar-refractivity contribution is 5.94. The van der Waals surface area contributed by atoms with E-state index in [9.17, 15) is 32.1 Å². The van der Waals surface area contributed by atoms with Crippen LogP contribution in [-0.2, 0) is 7.05 Å². The predicted molar refractivity (Wildman–Crippen MR) is 110 cm³/mol. The first-order chi connectivity index (χ1) is 16.0. The lowest BCUT2D eigenvalue weighted by atomic mass is 10.1. The number of benzene rings is 2. The molecule has 0 amide bonds. The molecular formula is C20H13F5N6O3. The average Bonchev–Trinajstić information content (AvgIpc) is 3.08. The highest BCUT2D eigenvalue weighted by Crippen LogP contribution is 2.35. The molecule has 0 bridgehead atoms. The highest BCUT2D eigenvalue weighted by Gasteiger charge is 2.30. The van der Waals surface area contributed by atoms with E-state index in [1.165, 1.54) is 12.1 Å². The number of aryl methyl sites for hydroxylation is 1. The molecule has 0 aliphatic carbocycles. The number of anilines is 2. The molecule has 0 aliphatic heterocycles. The third-order valence-corrected chi connectivity index (χ3v) is 4.65. The zero-order chi connectivity index (χ0) is 24.6. The number of halogens is 5. The van der Waals surface area contributed by atoms with E-state index in [0.717, 1.165) is 6.33 Å². The highest BCUT2D eigenvalue weighted by atomic mass is 19.4. The molecule has 0 aliphatic rings. The first-order valence-electron chi connectivity index (χ1n) is 9.40. The Kier molecular flexibility index (Phi) is 5.73. The van der Waals surface area contributed by atoms with Gasteiger partial charge in [-0.15, -0.1) is 0 Å². The second-order valence-electron chi connectivity index (χ2n) is 7.03. The summed E-state index contributed by atoms with van der Waals surface area (Å²) >= 11 is 0. The van der Waals surface area contributed by atoms with Crippen molar-refractivity contribution in [2.75, 3.05) is 11.9 Å². The van der Waals surface area contributed by atoms with Crippen LogP contribution in [-0.4, -0.2) is 37.2 Å². The summed E-state index contributed by atoms with van der Waals surface area (Å²) in [5, 5.41) is 14.1. The normalized spacial score (nSPS) is 11.6. The van der Waals surface area contributed by atoms with Crippen LogP contribution in [0.2, 0.25) is 0 Å². The number of fused-ring (bicyclic) bond motifs is 1. The monoisotopic (exact) mass is 480 g/mol. The summed E-state index contributed by atoms with van der Waals surface area (Å²) in [5.41, 5.74) is -0.261. The Labute approximate surface area is 187 Å². The number of nitro benzene ring substituents is 1. The Hall–Kier alpha value is -4.36. The average molecular weight is 480 g/mol. The quantitative estimate of drug-likeness (QED) is 0.238. The second-order valence-corrected chi connectivity index (χ2v) is 7.03. The zero-order valence-corrected chi connectivity index (χ0v) is 17.1. The Balaban J connectivity index is 1.74. The fourth-order valence-electron chi connectivity index (χ4n) is 3.21. The third kappa shape index (κ3) is 4.69. The summed E-state index contributed by atoms with van der Waals surface area (Å²) in [6.45, 7) is -1.76. The van der Waals surface area contributed by atoms with Crippen LogP contribution in [0, 0.1) is 21.7 Å². The van der Waals surface area contributed by atoms with Crippen molar-refractivity contribution in [2.45, 2.75) is 6.18 Å². The van der Waals surface area contributed by atoms with Gasteiger partial charge >= 0.3 is 11.9 Å². The summed E-state index contributed by atoms with van der Waals surface area (Å²) in [6, 6.07) is 5.26. The van der Waals surface area contributed by atoms with Gasteiger partial charge in [0.25, 0.3) is 0 Å². The van der Waals surface area contributed by atoms with Crippen LogP contribution in [0.1, 0.15) is 0 Å². The second kappa shape index (κ2) is 8.53. The number of hydrogen-bond acceptors (Lipinski definition) is 7. The summed E-state index contributed by atoms with van der Waals surface area (Å²) in [6.07, 6.45) is -2.01. The van der Waals surface area contributed by atoms with Crippen molar-refractivity contribution in [1.29, 1.82) is 0 Å². The van der Waals surface area contributed by atoms with Crippen LogP contribution in [0.15, 0.2) is 42.9 Å². The van der Waals surface area contributed by atoms with Crippen LogP contribution >= 0.6 is 0 Å². The topological polar surface area (TPSA) is 108 Å². The fourth-order valence-corrected chi connectivity index (χ4v) is 3.21. The Morgan fingerprint density at radius 1 is 1.18 bits per heavy atom. The molecule has 14 heteroatoms. The molecule has 2 heterocycles. The van der Waals surface area contributed by atoms with Crippen LogP contribution < -0.4 is 10.1 Å². The molecule has 0 spiro atoms. The fraction of sp³-hybridized carbons (Fsp3) is 0.150. The lowest BCUT2D eigenvalue weighted by Gasteiger charge is -2.14. The van der Waals surface area contributed by atoms with Gasteiger partial charge in [0.15, 0.2) is 12.4 Å². The maximum Gasteiger partial charge on any atom is 0.422 e. The molecule has 9 nitrogen and oxygen atoms in total. The van der Waals surface area contributed by atoms with Crippen LogP contribution in [0.25, 0.3) is 22.3 Å². The molecule has 0 saturated carbocycles. The molecule has 0 radical (unpaired) electrons. The zero-order valence-electron chi connectivity index (χ0n) is 17.1. The van der Waals surface area contributed by atoms with Crippen molar-refractivity contribution in [1.82, 2.24) is 19.5 Å². The van der Waals surface area contributed by atoms with Crippen molar-refractivity contribution in [3.8, 4) is 17.1 Å². The standard InChI is InChI=1S/C20H13F5N6O3/c1-30-7-12(11-4-10(21)2-3-15(11)30)18-26-9-27-19(29-18)28-14-6-16(31(32)33)13(22)5-17(14)34-8-20(23,24)25/h2-7,9H,8H2,1H3,(H,26,27,28,29). The minimum Gasteiger partial charge on any atom is -0.482 e. The predicted octanol–water partition coefficient (Wildman–Crippen LogP) is 4.90. The molecule has 2 aromatic heterocycles. The molecule has 176 valence electrons. The number of ether oxygens (including phenoxy) is 1. The van der Waals surface area contributed by atoms with Gasteiger partial charge < -0.3 is 14.6 Å². The van der Waals surface area contributed by atoms with E-state index in [1.807, 2.05) is 0 Å². The van der Waals surface area contributed by atoms with E-state index in [1.54, 1.807) is 23.9 Å². The first-order valence-corrected chi connectivity index (χ1v) is 9.40. The summed E-state index contributed by atoms with van der Waals surface area (Å²) in [5.74, 6) is -2.66. The van der Waals surface area contributed by atoms with E-state index >= 15 is 0 Å². The molecule has 2 aromatic carbocycles. The first kappa shape index (κ1) is 22.8. The van der Waals surface area contributed by atoms with E-state index in [-0.39, 0.29) is 17.5 Å². The molecular weight excluding hydrogens is 467 g/mol. The number of nitro groups is 1. The molecule has 0 atom stereocenters. The number of hydrogen-bond donors (Lipinski definition) is 1. The Morgan fingerprint density at radius 3 is 2.65 bits per heavy atom. The number of nitrogens with zero attached hydrogens (tertiary/aromatic N) is 5. The minimum absolute atomic E-state index is 0.0862. The lowest BCUT2D eigenvalue weighted by Crippen LogP contribution is -2.19. The maximum absolute atomic E-state index is 14.0. The SMILES string of the molecule is Cn1cc(-c2ncnc(Nc3cc([N+](=O)[O-])c(F)cc3OCC(F)(F)F)n2)c2cc(F)ccc21. The van der Waals surface area contributed by atoms with Gasteiger partial charge in [0.2, 0.25) is 11.8 Å². The number of nitrogens with one attached hydrogen (secondary N) is 1. The molecule has 0 unspecified atom stereocenters. The Morgan fingerprint density at radius 2 is 1.94 bits per heavy atom. The van der Waals surface area contributed by atoms with Crippen LogP contribution in [0.5, 0.6) is 5.75 Å². The van der Waals surface area contributed by atoms with Gasteiger partial charge in [0.05, 0.1) is 10.6 Å². The van der Waals surface area contributed by atoms with Gasteiger partial charge in [-0.25, -0.2) is 14.4 Å². The van der Waals surface area contributed by atoms with Crippen LogP contribution in [0.3, 0.4) is 0 Å². The largest absolute Gasteiger partial charge is 0.482 e. The molecule has 0 fully saturated rings. The molecule has 4 aromatic rings. The lowest BCUT2D eigenvalue weighted by molar-refractivity contribution is -0.387. The molecule has 34 heavy (non-hydrogen) atoms. The van der Waals surface area contributed by atoms with Gasteiger partial charge in [-0.2, -0.15) is 22.5 Å². The van der Waals surface area contributed by atoms with Gasteiger partial charge in [-0.3, -0.25) is 10.1 Å². The Bertz CT molecular complexity index is 1410. The van der Waals surface area contributed by atoms with Crippen molar-refractivity contribution in [3.63, 3.8) is 0 Å².